The maximum absolute atomic E-state index is 11.0. The van der Waals surface area contributed by atoms with Crippen molar-refractivity contribution in [1.82, 2.24) is 5.32 Å². The minimum atomic E-state index is 0.0460. The first-order chi connectivity index (χ1) is 5.34. The predicted octanol–water partition coefficient (Wildman–Crippen LogP) is -0.869. The molecule has 0 atom stereocenters. The normalized spacial score (nSPS) is 17.5. The third-order valence-electron chi connectivity index (χ3n) is 1.64. The van der Waals surface area contributed by atoms with Crippen LogP contribution in [0.1, 0.15) is 6.42 Å². The van der Waals surface area contributed by atoms with Gasteiger partial charge in [0.05, 0.1) is 19.1 Å². The molecule has 1 fully saturated rings. The van der Waals surface area contributed by atoms with Crippen molar-refractivity contribution in [3.8, 4) is 0 Å². The molecule has 0 aliphatic carbocycles. The lowest BCUT2D eigenvalue weighted by Crippen LogP contribution is -2.42. The van der Waals surface area contributed by atoms with Crippen LogP contribution in [-0.4, -0.2) is 37.4 Å². The predicted molar refractivity (Wildman–Crippen MR) is 39.0 cm³/mol. The zero-order chi connectivity index (χ0) is 8.10. The summed E-state index contributed by atoms with van der Waals surface area (Å²) in [7, 11) is 0. The fourth-order valence-electron chi connectivity index (χ4n) is 0.822. The van der Waals surface area contributed by atoms with Crippen molar-refractivity contribution in [2.75, 3.05) is 26.4 Å². The molecule has 11 heavy (non-hydrogen) atoms. The number of nitrogens with one attached hydrogen (secondary N) is 1. The highest BCUT2D eigenvalue weighted by Crippen LogP contribution is 2.08. The van der Waals surface area contributed by atoms with E-state index in [2.05, 4.69) is 5.32 Å². The summed E-state index contributed by atoms with van der Waals surface area (Å²) in [6.07, 6.45) is 0.624. The number of carbonyl (C=O) groups excluding carboxylic acids is 1. The van der Waals surface area contributed by atoms with Crippen LogP contribution in [-0.2, 0) is 9.53 Å². The molecule has 0 spiro atoms. The van der Waals surface area contributed by atoms with Crippen molar-refractivity contribution in [3.05, 3.63) is 0 Å². The summed E-state index contributed by atoms with van der Waals surface area (Å²) < 4.78 is 4.85. The van der Waals surface area contributed by atoms with Gasteiger partial charge in [-0.2, -0.15) is 0 Å². The van der Waals surface area contributed by atoms with Crippen LogP contribution >= 0.6 is 0 Å². The molecule has 1 aliphatic heterocycles. The van der Waals surface area contributed by atoms with Gasteiger partial charge in [-0.25, -0.2) is 0 Å². The Kier molecular flexibility index (Phi) is 3.32. The molecule has 1 heterocycles. The molecular weight excluding hydrogens is 146 g/mol. The molecule has 0 saturated carbocycles. The summed E-state index contributed by atoms with van der Waals surface area (Å²) in [6.45, 7) is 1.78. The second kappa shape index (κ2) is 4.31. The molecule has 0 aromatic heterocycles. The van der Waals surface area contributed by atoms with Gasteiger partial charge in [-0.3, -0.25) is 4.79 Å². The van der Waals surface area contributed by atoms with E-state index in [1.807, 2.05) is 0 Å². The zero-order valence-electron chi connectivity index (χ0n) is 6.38. The maximum atomic E-state index is 11.0. The maximum Gasteiger partial charge on any atom is 0.227 e. The van der Waals surface area contributed by atoms with E-state index in [0.717, 1.165) is 0 Å². The van der Waals surface area contributed by atoms with Crippen molar-refractivity contribution in [2.24, 2.45) is 5.92 Å². The minimum Gasteiger partial charge on any atom is -0.396 e. The lowest BCUT2D eigenvalue weighted by Gasteiger charge is -2.24. The van der Waals surface area contributed by atoms with Gasteiger partial charge in [0.2, 0.25) is 5.91 Å². The quantitative estimate of drug-likeness (QED) is 0.524. The molecule has 1 amide bonds. The standard InChI is InChI=1S/C7H13NO3/c9-3-1-2-8-7(10)6-4-11-5-6/h6,9H,1-5H2,(H,8,10). The molecule has 1 saturated heterocycles. The number of ether oxygens (including phenoxy) is 1. The molecule has 4 heteroatoms. The molecule has 0 aromatic carbocycles. The number of carbonyl (C=O) groups is 1. The Morgan fingerprint density at radius 3 is 2.82 bits per heavy atom. The molecule has 2 N–H and O–H groups in total. The summed E-state index contributed by atoms with van der Waals surface area (Å²) in [4.78, 5) is 11.0. The van der Waals surface area contributed by atoms with E-state index in [1.165, 1.54) is 0 Å². The summed E-state index contributed by atoms with van der Waals surface area (Å²) in [5.41, 5.74) is 0. The van der Waals surface area contributed by atoms with E-state index in [4.69, 9.17) is 9.84 Å². The van der Waals surface area contributed by atoms with Crippen LogP contribution in [0.5, 0.6) is 0 Å². The van der Waals surface area contributed by atoms with Crippen molar-refractivity contribution >= 4 is 5.91 Å². The van der Waals surface area contributed by atoms with Gasteiger partial charge < -0.3 is 15.2 Å². The molecule has 64 valence electrons. The fraction of sp³-hybridized carbons (Fsp3) is 0.857. The van der Waals surface area contributed by atoms with Gasteiger partial charge in [0.1, 0.15) is 0 Å². The van der Waals surface area contributed by atoms with Crippen LogP contribution in [0.2, 0.25) is 0 Å². The van der Waals surface area contributed by atoms with E-state index in [9.17, 15) is 4.79 Å². The van der Waals surface area contributed by atoms with E-state index in [1.54, 1.807) is 0 Å². The van der Waals surface area contributed by atoms with Crippen molar-refractivity contribution in [1.29, 1.82) is 0 Å². The largest absolute Gasteiger partial charge is 0.396 e. The molecule has 0 aromatic rings. The van der Waals surface area contributed by atoms with Gasteiger partial charge in [-0.1, -0.05) is 0 Å². The molecule has 1 aliphatic rings. The molecule has 0 bridgehead atoms. The lowest BCUT2D eigenvalue weighted by atomic mass is 10.1. The van der Waals surface area contributed by atoms with Crippen LogP contribution in [0.3, 0.4) is 0 Å². The number of hydrogen-bond acceptors (Lipinski definition) is 3. The number of aliphatic hydroxyl groups excluding tert-OH is 1. The van der Waals surface area contributed by atoms with Crippen molar-refractivity contribution in [3.63, 3.8) is 0 Å². The first kappa shape index (κ1) is 8.49. The van der Waals surface area contributed by atoms with Crippen LogP contribution in [0.15, 0.2) is 0 Å². The Bertz CT molecular complexity index is 134. The minimum absolute atomic E-state index is 0.0460. The van der Waals surface area contributed by atoms with Crippen LogP contribution in [0, 0.1) is 5.92 Å². The summed E-state index contributed by atoms with van der Waals surface area (Å²) >= 11 is 0. The van der Waals surface area contributed by atoms with Gasteiger partial charge in [-0.15, -0.1) is 0 Å². The highest BCUT2D eigenvalue weighted by molar-refractivity contribution is 5.79. The average molecular weight is 159 g/mol. The van der Waals surface area contributed by atoms with Crippen LogP contribution in [0.4, 0.5) is 0 Å². The topological polar surface area (TPSA) is 58.6 Å². The molecule has 4 nitrogen and oxygen atoms in total. The molecule has 0 radical (unpaired) electrons. The van der Waals surface area contributed by atoms with Gasteiger partial charge >= 0.3 is 0 Å². The van der Waals surface area contributed by atoms with Crippen molar-refractivity contribution in [2.45, 2.75) is 6.42 Å². The first-order valence-electron chi connectivity index (χ1n) is 3.81. The summed E-state index contributed by atoms with van der Waals surface area (Å²) in [6, 6.07) is 0. The smallest absolute Gasteiger partial charge is 0.227 e. The second-order valence-electron chi connectivity index (χ2n) is 2.60. The number of hydrogen-bond donors (Lipinski definition) is 2. The Morgan fingerprint density at radius 2 is 2.36 bits per heavy atom. The highest BCUT2D eigenvalue weighted by Gasteiger charge is 2.25. The van der Waals surface area contributed by atoms with E-state index < -0.39 is 0 Å². The average Bonchev–Trinajstić information content (AvgIpc) is 1.84. The molecule has 1 rings (SSSR count). The van der Waals surface area contributed by atoms with E-state index in [0.29, 0.717) is 26.2 Å². The number of amides is 1. The van der Waals surface area contributed by atoms with Crippen molar-refractivity contribution < 1.29 is 14.6 Å². The van der Waals surface area contributed by atoms with E-state index in [-0.39, 0.29) is 18.4 Å². The second-order valence-corrected chi connectivity index (χ2v) is 2.60. The summed E-state index contributed by atoms with van der Waals surface area (Å²) in [5.74, 6) is 0.0957. The number of rotatable bonds is 4. The van der Waals surface area contributed by atoms with Crippen LogP contribution in [0.25, 0.3) is 0 Å². The Morgan fingerprint density at radius 1 is 1.64 bits per heavy atom. The Labute approximate surface area is 65.5 Å². The molecule has 0 unspecified atom stereocenters. The Balaban J connectivity index is 2.01. The number of aliphatic hydroxyl groups is 1. The SMILES string of the molecule is O=C(NCCCO)C1COC1. The van der Waals surface area contributed by atoms with E-state index >= 15 is 0 Å². The molecular formula is C7H13NO3. The third-order valence-corrected chi connectivity index (χ3v) is 1.64. The lowest BCUT2D eigenvalue weighted by molar-refractivity contribution is -0.138. The summed E-state index contributed by atoms with van der Waals surface area (Å²) in [5, 5.41) is 11.1. The van der Waals surface area contributed by atoms with Crippen LogP contribution < -0.4 is 5.32 Å². The third kappa shape index (κ3) is 2.48. The Hall–Kier alpha value is -0.610. The fourth-order valence-corrected chi connectivity index (χ4v) is 0.822. The first-order valence-corrected chi connectivity index (χ1v) is 3.81. The van der Waals surface area contributed by atoms with Gasteiger partial charge in [-0.05, 0) is 6.42 Å². The monoisotopic (exact) mass is 159 g/mol. The van der Waals surface area contributed by atoms with Gasteiger partial charge in [0, 0.05) is 13.2 Å². The van der Waals surface area contributed by atoms with Gasteiger partial charge in [0.25, 0.3) is 0 Å². The zero-order valence-corrected chi connectivity index (χ0v) is 6.38. The highest BCUT2D eigenvalue weighted by atomic mass is 16.5. The van der Waals surface area contributed by atoms with Gasteiger partial charge in [0.15, 0.2) is 0 Å².